The van der Waals surface area contributed by atoms with Crippen LogP contribution < -0.4 is 5.32 Å². The summed E-state index contributed by atoms with van der Waals surface area (Å²) in [7, 11) is 0. The number of hydrogen-bond acceptors (Lipinski definition) is 7. The summed E-state index contributed by atoms with van der Waals surface area (Å²) < 4.78 is 7.88. The van der Waals surface area contributed by atoms with Gasteiger partial charge in [-0.25, -0.2) is 0 Å². The molecular formula is C22H24N4O3S2. The average molecular weight is 457 g/mol. The normalized spacial score (nSPS) is 15.9. The highest BCUT2D eigenvalue weighted by atomic mass is 32.2. The number of ether oxygens (including phenoxy) is 1. The van der Waals surface area contributed by atoms with E-state index in [-0.39, 0.29) is 23.5 Å². The molecule has 9 heteroatoms. The minimum absolute atomic E-state index is 0.0381. The van der Waals surface area contributed by atoms with Crippen LogP contribution in [0, 0.1) is 6.92 Å². The van der Waals surface area contributed by atoms with E-state index in [0.29, 0.717) is 23.0 Å². The van der Waals surface area contributed by atoms with Gasteiger partial charge in [0.25, 0.3) is 0 Å². The maximum absolute atomic E-state index is 12.5. The number of ketones is 1. The number of thioether (sulfide) groups is 1. The molecule has 7 nitrogen and oxygen atoms in total. The summed E-state index contributed by atoms with van der Waals surface area (Å²) in [6, 6.07) is 9.04. The lowest BCUT2D eigenvalue weighted by atomic mass is 10.1. The van der Waals surface area contributed by atoms with Crippen LogP contribution in [0.4, 0.5) is 5.69 Å². The number of thiophene rings is 1. The summed E-state index contributed by atoms with van der Waals surface area (Å²) in [5, 5.41) is 14.4. The third kappa shape index (κ3) is 5.41. The molecule has 1 aromatic carbocycles. The molecule has 0 aliphatic carbocycles. The highest BCUT2D eigenvalue weighted by Crippen LogP contribution is 2.29. The van der Waals surface area contributed by atoms with Crippen LogP contribution >= 0.6 is 23.1 Å². The number of aryl methyl sites for hydroxylation is 1. The fraction of sp³-hybridized carbons (Fsp3) is 0.364. The van der Waals surface area contributed by atoms with Crippen LogP contribution in [0.1, 0.15) is 35.0 Å². The van der Waals surface area contributed by atoms with Crippen molar-refractivity contribution in [1.82, 2.24) is 14.8 Å². The van der Waals surface area contributed by atoms with Gasteiger partial charge in [-0.2, -0.15) is 0 Å². The Balaban J connectivity index is 1.47. The first kappa shape index (κ1) is 21.7. The molecule has 162 valence electrons. The number of amides is 1. The van der Waals surface area contributed by atoms with Crippen LogP contribution in [0.2, 0.25) is 0 Å². The number of carbonyl (C=O) groups excluding carboxylic acids is 2. The Morgan fingerprint density at radius 1 is 1.32 bits per heavy atom. The number of nitrogens with one attached hydrogen (secondary N) is 1. The fourth-order valence-corrected chi connectivity index (χ4v) is 4.90. The number of rotatable bonds is 8. The predicted octanol–water partition coefficient (Wildman–Crippen LogP) is 4.43. The SMILES string of the molecule is CC(=O)c1cccc(NC(=O)CSc2nnc(-c3csc(C)c3)n2CC2CCCO2)c1. The lowest BCUT2D eigenvalue weighted by molar-refractivity contribution is -0.113. The quantitative estimate of drug-likeness (QED) is 0.399. The minimum atomic E-state index is -0.162. The predicted molar refractivity (Wildman–Crippen MR) is 123 cm³/mol. The molecule has 1 aliphatic rings. The maximum Gasteiger partial charge on any atom is 0.234 e. The molecule has 1 fully saturated rings. The Morgan fingerprint density at radius 3 is 2.90 bits per heavy atom. The highest BCUT2D eigenvalue weighted by molar-refractivity contribution is 7.99. The van der Waals surface area contributed by atoms with Crippen molar-refractivity contribution in [3.8, 4) is 11.4 Å². The van der Waals surface area contributed by atoms with Gasteiger partial charge in [0, 0.05) is 33.7 Å². The highest BCUT2D eigenvalue weighted by Gasteiger charge is 2.22. The van der Waals surface area contributed by atoms with Crippen molar-refractivity contribution in [3.05, 3.63) is 46.2 Å². The Kier molecular flexibility index (Phi) is 6.84. The van der Waals surface area contributed by atoms with Gasteiger partial charge in [-0.05, 0) is 44.9 Å². The number of nitrogens with zero attached hydrogens (tertiary/aromatic N) is 3. The summed E-state index contributed by atoms with van der Waals surface area (Å²) in [6.07, 6.45) is 2.21. The number of benzene rings is 1. The second kappa shape index (κ2) is 9.76. The van der Waals surface area contributed by atoms with E-state index in [9.17, 15) is 9.59 Å². The summed E-state index contributed by atoms with van der Waals surface area (Å²) in [4.78, 5) is 25.3. The lowest BCUT2D eigenvalue weighted by Crippen LogP contribution is -2.18. The third-order valence-electron chi connectivity index (χ3n) is 5.00. The molecule has 1 saturated heterocycles. The Labute approximate surface area is 189 Å². The van der Waals surface area contributed by atoms with Crippen molar-refractivity contribution in [2.24, 2.45) is 0 Å². The largest absolute Gasteiger partial charge is 0.376 e. The number of Topliss-reactive ketones (excluding diaryl/α,β-unsaturated/α-hetero) is 1. The summed E-state index contributed by atoms with van der Waals surface area (Å²) in [5.74, 6) is 0.794. The van der Waals surface area contributed by atoms with Crippen LogP contribution in [0.3, 0.4) is 0 Å². The first-order chi connectivity index (χ1) is 15.0. The second-order valence-electron chi connectivity index (χ2n) is 7.47. The smallest absolute Gasteiger partial charge is 0.234 e. The van der Waals surface area contributed by atoms with E-state index < -0.39 is 0 Å². The van der Waals surface area contributed by atoms with Crippen LogP contribution in [0.5, 0.6) is 0 Å². The Morgan fingerprint density at radius 2 is 2.19 bits per heavy atom. The van der Waals surface area contributed by atoms with Crippen molar-refractivity contribution in [1.29, 1.82) is 0 Å². The van der Waals surface area contributed by atoms with E-state index in [2.05, 4.69) is 38.5 Å². The number of anilines is 1. The first-order valence-corrected chi connectivity index (χ1v) is 12.0. The number of hydrogen-bond donors (Lipinski definition) is 1. The summed E-state index contributed by atoms with van der Waals surface area (Å²) in [6.45, 7) is 5.02. The number of carbonyl (C=O) groups is 2. The summed E-state index contributed by atoms with van der Waals surface area (Å²) in [5.41, 5.74) is 2.20. The van der Waals surface area contributed by atoms with Crippen LogP contribution in [-0.4, -0.2) is 44.9 Å². The van der Waals surface area contributed by atoms with E-state index in [1.54, 1.807) is 35.6 Å². The molecule has 0 saturated carbocycles. The van der Waals surface area contributed by atoms with Gasteiger partial charge in [0.2, 0.25) is 5.91 Å². The average Bonchev–Trinajstić information content (AvgIpc) is 3.49. The van der Waals surface area contributed by atoms with E-state index in [1.165, 1.54) is 23.6 Å². The van der Waals surface area contributed by atoms with Crippen molar-refractivity contribution in [2.45, 2.75) is 44.5 Å². The molecule has 1 amide bonds. The fourth-order valence-electron chi connectivity index (χ4n) is 3.47. The van der Waals surface area contributed by atoms with Gasteiger partial charge in [-0.3, -0.25) is 14.2 Å². The van der Waals surface area contributed by atoms with Gasteiger partial charge in [0.05, 0.1) is 18.4 Å². The van der Waals surface area contributed by atoms with E-state index >= 15 is 0 Å². The topological polar surface area (TPSA) is 86.1 Å². The van der Waals surface area contributed by atoms with E-state index in [1.807, 2.05) is 0 Å². The molecule has 1 atom stereocenters. The Bertz CT molecular complexity index is 1090. The van der Waals surface area contributed by atoms with Crippen molar-refractivity contribution < 1.29 is 14.3 Å². The van der Waals surface area contributed by atoms with Crippen molar-refractivity contribution >= 4 is 40.5 Å². The summed E-state index contributed by atoms with van der Waals surface area (Å²) >= 11 is 3.02. The molecular weight excluding hydrogens is 432 g/mol. The second-order valence-corrected chi connectivity index (χ2v) is 9.53. The molecule has 3 aromatic rings. The van der Waals surface area contributed by atoms with Crippen molar-refractivity contribution in [2.75, 3.05) is 17.7 Å². The van der Waals surface area contributed by atoms with Crippen LogP contribution in [0.15, 0.2) is 40.9 Å². The monoisotopic (exact) mass is 456 g/mol. The third-order valence-corrected chi connectivity index (χ3v) is 6.83. The molecule has 2 aromatic heterocycles. The standard InChI is InChI=1S/C22H24N4O3S2/c1-14-9-17(12-30-14)21-24-25-22(26(21)11-19-7-4-8-29-19)31-13-20(28)23-18-6-3-5-16(10-18)15(2)27/h3,5-6,9-10,12,19H,4,7-8,11,13H2,1-2H3,(H,23,28). The van der Waals surface area contributed by atoms with Gasteiger partial charge >= 0.3 is 0 Å². The zero-order chi connectivity index (χ0) is 21.8. The van der Waals surface area contributed by atoms with E-state index in [4.69, 9.17) is 4.74 Å². The van der Waals surface area contributed by atoms with Crippen molar-refractivity contribution in [3.63, 3.8) is 0 Å². The Hall–Kier alpha value is -2.49. The minimum Gasteiger partial charge on any atom is -0.376 e. The maximum atomic E-state index is 12.5. The van der Waals surface area contributed by atoms with Crippen LogP contribution in [0.25, 0.3) is 11.4 Å². The first-order valence-electron chi connectivity index (χ1n) is 10.1. The molecule has 3 heterocycles. The van der Waals surface area contributed by atoms with E-state index in [0.717, 1.165) is 30.8 Å². The molecule has 0 bridgehead atoms. The molecule has 1 N–H and O–H groups in total. The van der Waals surface area contributed by atoms with Gasteiger partial charge in [0.1, 0.15) is 0 Å². The van der Waals surface area contributed by atoms with Crippen LogP contribution in [-0.2, 0) is 16.1 Å². The molecule has 1 aliphatic heterocycles. The van der Waals surface area contributed by atoms with Gasteiger partial charge in [-0.1, -0.05) is 23.9 Å². The molecule has 31 heavy (non-hydrogen) atoms. The number of aromatic nitrogens is 3. The van der Waals surface area contributed by atoms with Gasteiger partial charge in [-0.15, -0.1) is 21.5 Å². The zero-order valence-electron chi connectivity index (χ0n) is 17.5. The molecule has 0 radical (unpaired) electrons. The molecule has 0 spiro atoms. The lowest BCUT2D eigenvalue weighted by Gasteiger charge is -2.14. The zero-order valence-corrected chi connectivity index (χ0v) is 19.1. The van der Waals surface area contributed by atoms with Gasteiger partial charge < -0.3 is 10.1 Å². The molecule has 1 unspecified atom stereocenters. The van der Waals surface area contributed by atoms with Gasteiger partial charge in [0.15, 0.2) is 16.8 Å². The molecule has 4 rings (SSSR count).